The Morgan fingerprint density at radius 3 is 3.18 bits per heavy atom. The maximum Gasteiger partial charge on any atom is 0.152 e. The Kier molecular flexibility index (Phi) is 2.44. The Hall–Kier alpha value is -1.09. The number of rotatable bonds is 2. The van der Waals surface area contributed by atoms with E-state index in [1.165, 1.54) is 0 Å². The van der Waals surface area contributed by atoms with Gasteiger partial charge in [-0.1, -0.05) is 18.2 Å². The van der Waals surface area contributed by atoms with Crippen molar-refractivity contribution >= 4 is 22.8 Å². The average Bonchev–Trinajstić information content (AvgIpc) is 2.34. The first-order valence-corrected chi connectivity index (χ1v) is 3.48. The van der Waals surface area contributed by atoms with Gasteiger partial charge < -0.3 is 0 Å². The molecule has 0 spiro atoms. The Labute approximate surface area is 70.0 Å². The number of halogens is 1. The van der Waals surface area contributed by atoms with Crippen LogP contribution in [0.15, 0.2) is 24.1 Å². The SMILES string of the molecule is C=Cc1nccn1/N=C(\C)Cl. The molecule has 0 saturated heterocycles. The minimum Gasteiger partial charge on any atom is -0.236 e. The monoisotopic (exact) mass is 169 g/mol. The van der Waals surface area contributed by atoms with E-state index >= 15 is 0 Å². The second-order valence-electron chi connectivity index (χ2n) is 1.93. The summed E-state index contributed by atoms with van der Waals surface area (Å²) in [6.07, 6.45) is 4.96. The van der Waals surface area contributed by atoms with Crippen LogP contribution in [0.25, 0.3) is 6.08 Å². The molecule has 0 aliphatic heterocycles. The zero-order chi connectivity index (χ0) is 8.27. The number of nitrogens with zero attached hydrogens (tertiary/aromatic N) is 3. The molecular weight excluding hydrogens is 162 g/mol. The summed E-state index contributed by atoms with van der Waals surface area (Å²) in [5.74, 6) is 0.685. The van der Waals surface area contributed by atoms with Gasteiger partial charge in [-0.05, 0) is 13.0 Å². The Bertz CT molecular complexity index is 284. The van der Waals surface area contributed by atoms with Crippen molar-refractivity contribution in [1.29, 1.82) is 0 Å². The summed E-state index contributed by atoms with van der Waals surface area (Å²) in [5, 5.41) is 4.42. The van der Waals surface area contributed by atoms with Gasteiger partial charge in [-0.2, -0.15) is 5.10 Å². The van der Waals surface area contributed by atoms with E-state index in [0.29, 0.717) is 11.0 Å². The first kappa shape index (κ1) is 8.01. The molecule has 1 rings (SSSR count). The van der Waals surface area contributed by atoms with Crippen molar-refractivity contribution in [3.63, 3.8) is 0 Å². The van der Waals surface area contributed by atoms with Gasteiger partial charge in [0.05, 0.1) is 0 Å². The fraction of sp³-hybridized carbons (Fsp3) is 0.143. The van der Waals surface area contributed by atoms with Crippen molar-refractivity contribution in [2.75, 3.05) is 0 Å². The number of hydrogen-bond acceptors (Lipinski definition) is 2. The molecule has 0 bridgehead atoms. The lowest BCUT2D eigenvalue weighted by Crippen LogP contribution is -1.92. The summed E-state index contributed by atoms with van der Waals surface area (Å²) >= 11 is 5.57. The van der Waals surface area contributed by atoms with Gasteiger partial charge >= 0.3 is 0 Å². The van der Waals surface area contributed by atoms with Crippen molar-refractivity contribution in [2.24, 2.45) is 5.10 Å². The minimum atomic E-state index is 0.464. The summed E-state index contributed by atoms with van der Waals surface area (Å²) in [6, 6.07) is 0. The van der Waals surface area contributed by atoms with E-state index in [-0.39, 0.29) is 0 Å². The van der Waals surface area contributed by atoms with Crippen LogP contribution >= 0.6 is 11.6 Å². The topological polar surface area (TPSA) is 30.2 Å². The van der Waals surface area contributed by atoms with E-state index in [9.17, 15) is 0 Å². The van der Waals surface area contributed by atoms with Crippen molar-refractivity contribution < 1.29 is 0 Å². The standard InChI is InChI=1S/C7H8ClN3/c1-3-7-9-4-5-11(7)10-6(2)8/h3-5H,1H2,2H3/b10-6+. The van der Waals surface area contributed by atoms with E-state index in [2.05, 4.69) is 16.7 Å². The maximum absolute atomic E-state index is 5.57. The van der Waals surface area contributed by atoms with Gasteiger partial charge in [-0.3, -0.25) is 0 Å². The largest absolute Gasteiger partial charge is 0.236 e. The second-order valence-corrected chi connectivity index (χ2v) is 2.48. The summed E-state index contributed by atoms with van der Waals surface area (Å²) in [4.78, 5) is 3.97. The van der Waals surface area contributed by atoms with Gasteiger partial charge in [-0.25, -0.2) is 9.66 Å². The molecule has 0 atom stereocenters. The molecule has 0 aliphatic carbocycles. The first-order chi connectivity index (χ1) is 5.24. The molecule has 0 saturated carbocycles. The zero-order valence-corrected chi connectivity index (χ0v) is 6.91. The molecule has 0 aliphatic rings. The molecule has 1 heterocycles. The lowest BCUT2D eigenvalue weighted by atomic mass is 10.6. The van der Waals surface area contributed by atoms with Crippen molar-refractivity contribution in [3.05, 3.63) is 24.8 Å². The van der Waals surface area contributed by atoms with Crippen LogP contribution in [-0.4, -0.2) is 14.8 Å². The molecule has 0 fully saturated rings. The van der Waals surface area contributed by atoms with Crippen molar-refractivity contribution in [1.82, 2.24) is 9.66 Å². The fourth-order valence-electron chi connectivity index (χ4n) is 0.688. The van der Waals surface area contributed by atoms with Crippen LogP contribution < -0.4 is 0 Å². The average molecular weight is 170 g/mol. The molecule has 1 aromatic heterocycles. The van der Waals surface area contributed by atoms with E-state index in [1.54, 1.807) is 30.1 Å². The van der Waals surface area contributed by atoms with Crippen molar-refractivity contribution in [3.8, 4) is 0 Å². The Morgan fingerprint density at radius 2 is 2.64 bits per heavy atom. The van der Waals surface area contributed by atoms with Crippen LogP contribution in [0, 0.1) is 0 Å². The summed E-state index contributed by atoms with van der Waals surface area (Å²) in [7, 11) is 0. The molecule has 0 radical (unpaired) electrons. The molecule has 11 heavy (non-hydrogen) atoms. The maximum atomic E-state index is 5.57. The summed E-state index contributed by atoms with van der Waals surface area (Å²) in [6.45, 7) is 5.28. The molecule has 4 heteroatoms. The molecule has 1 aromatic rings. The van der Waals surface area contributed by atoms with Gasteiger partial charge in [0, 0.05) is 12.4 Å². The fourth-order valence-corrected chi connectivity index (χ4v) is 0.769. The highest BCUT2D eigenvalue weighted by molar-refractivity contribution is 6.64. The third-order valence-electron chi connectivity index (χ3n) is 1.08. The normalized spacial score (nSPS) is 11.6. The van der Waals surface area contributed by atoms with E-state index in [4.69, 9.17) is 11.6 Å². The first-order valence-electron chi connectivity index (χ1n) is 3.11. The predicted molar refractivity (Wildman–Crippen MR) is 46.7 cm³/mol. The highest BCUT2D eigenvalue weighted by Gasteiger charge is 1.94. The van der Waals surface area contributed by atoms with Crippen LogP contribution in [-0.2, 0) is 0 Å². The lowest BCUT2D eigenvalue weighted by Gasteiger charge is -1.94. The molecule has 0 aromatic carbocycles. The summed E-state index contributed by atoms with van der Waals surface area (Å²) < 4.78 is 1.56. The van der Waals surface area contributed by atoms with Gasteiger partial charge in [0.2, 0.25) is 0 Å². The highest BCUT2D eigenvalue weighted by atomic mass is 35.5. The van der Waals surface area contributed by atoms with Gasteiger partial charge in [0.15, 0.2) is 5.82 Å². The van der Waals surface area contributed by atoms with Crippen LogP contribution in [0.3, 0.4) is 0 Å². The van der Waals surface area contributed by atoms with E-state index in [0.717, 1.165) is 0 Å². The molecular formula is C7H8ClN3. The number of aromatic nitrogens is 2. The smallest absolute Gasteiger partial charge is 0.152 e. The molecule has 0 N–H and O–H groups in total. The van der Waals surface area contributed by atoms with E-state index < -0.39 is 0 Å². The number of hydrogen-bond donors (Lipinski definition) is 0. The zero-order valence-electron chi connectivity index (χ0n) is 6.16. The quantitative estimate of drug-likeness (QED) is 0.623. The Balaban J connectivity index is 3.03. The molecule has 58 valence electrons. The molecule has 0 amide bonds. The second kappa shape index (κ2) is 3.34. The third kappa shape index (κ3) is 1.91. The molecule has 0 unspecified atom stereocenters. The minimum absolute atomic E-state index is 0.464. The van der Waals surface area contributed by atoms with Crippen LogP contribution in [0.5, 0.6) is 0 Å². The van der Waals surface area contributed by atoms with Crippen molar-refractivity contribution in [2.45, 2.75) is 6.92 Å². The van der Waals surface area contributed by atoms with Gasteiger partial charge in [-0.15, -0.1) is 0 Å². The highest BCUT2D eigenvalue weighted by Crippen LogP contribution is 1.99. The van der Waals surface area contributed by atoms with Crippen LogP contribution in [0.2, 0.25) is 0 Å². The van der Waals surface area contributed by atoms with Crippen LogP contribution in [0.4, 0.5) is 0 Å². The Morgan fingerprint density at radius 1 is 1.91 bits per heavy atom. The predicted octanol–water partition coefficient (Wildman–Crippen LogP) is 1.95. The number of imidazole rings is 1. The van der Waals surface area contributed by atoms with Gasteiger partial charge in [0.25, 0.3) is 0 Å². The molecule has 3 nitrogen and oxygen atoms in total. The lowest BCUT2D eigenvalue weighted by molar-refractivity contribution is 0.864. The van der Waals surface area contributed by atoms with Gasteiger partial charge in [0.1, 0.15) is 5.17 Å². The summed E-state index contributed by atoms with van der Waals surface area (Å²) in [5.41, 5.74) is 0. The third-order valence-corrected chi connectivity index (χ3v) is 1.15. The van der Waals surface area contributed by atoms with Crippen LogP contribution in [0.1, 0.15) is 12.7 Å². The van der Waals surface area contributed by atoms with E-state index in [1.807, 2.05) is 0 Å².